The lowest BCUT2D eigenvalue weighted by Crippen LogP contribution is -2.06. The van der Waals surface area contributed by atoms with Crippen molar-refractivity contribution in [3.63, 3.8) is 0 Å². The maximum atomic E-state index is 11.5. The van der Waals surface area contributed by atoms with Crippen molar-refractivity contribution >= 4 is 29.7 Å². The molecular formula is C10H9NO6S. The number of benzene rings is 1. The van der Waals surface area contributed by atoms with Crippen LogP contribution in [0.1, 0.15) is 10.4 Å². The smallest absolute Gasteiger partial charge is 0.350 e. The Morgan fingerprint density at radius 3 is 2.78 bits per heavy atom. The minimum absolute atomic E-state index is 0.0431. The number of carbonyl (C=O) groups is 2. The lowest BCUT2D eigenvalue weighted by atomic mass is 10.2. The Hall–Kier alpha value is -2.09. The third kappa shape index (κ3) is 4.06. The maximum Gasteiger partial charge on any atom is 0.350 e. The number of hydrogen-bond acceptors (Lipinski definition) is 7. The average molecular weight is 271 g/mol. The molecule has 0 aliphatic rings. The van der Waals surface area contributed by atoms with E-state index < -0.39 is 16.9 Å². The summed E-state index contributed by atoms with van der Waals surface area (Å²) in [6, 6.07) is 5.12. The summed E-state index contributed by atoms with van der Waals surface area (Å²) in [6.45, 7) is 0. The fourth-order valence-electron chi connectivity index (χ4n) is 0.985. The maximum absolute atomic E-state index is 11.5. The van der Waals surface area contributed by atoms with Gasteiger partial charge in [0.2, 0.25) is 0 Å². The van der Waals surface area contributed by atoms with Crippen LogP contribution in [0.3, 0.4) is 0 Å². The number of nitro benzene ring substituents is 1. The molecule has 8 heteroatoms. The van der Waals surface area contributed by atoms with E-state index in [1.54, 1.807) is 0 Å². The van der Waals surface area contributed by atoms with E-state index in [-0.39, 0.29) is 17.0 Å². The van der Waals surface area contributed by atoms with Gasteiger partial charge in [-0.15, -0.1) is 0 Å². The van der Waals surface area contributed by atoms with E-state index in [0.717, 1.165) is 6.07 Å². The van der Waals surface area contributed by atoms with Crippen molar-refractivity contribution in [2.24, 2.45) is 0 Å². The number of nitro groups is 1. The standard InChI is InChI=1S/C10H9NO6S/c1-16-9(12)6-18-17-10(13)7-3-2-4-8(5-7)11(14)15/h2-5H,6H2,1H3. The first kappa shape index (κ1) is 14.0. The normalized spacial score (nSPS) is 9.61. The lowest BCUT2D eigenvalue weighted by Gasteiger charge is -2.01. The highest BCUT2D eigenvalue weighted by molar-refractivity contribution is 7.95. The number of nitrogens with zero attached hydrogens (tertiary/aromatic N) is 1. The molecule has 0 aromatic heterocycles. The fourth-order valence-corrected chi connectivity index (χ4v) is 1.46. The molecule has 0 aliphatic carbocycles. The van der Waals surface area contributed by atoms with E-state index in [2.05, 4.69) is 8.92 Å². The van der Waals surface area contributed by atoms with Crippen molar-refractivity contribution in [3.8, 4) is 0 Å². The monoisotopic (exact) mass is 271 g/mol. The first-order valence-corrected chi connectivity index (χ1v) is 5.60. The first-order chi connectivity index (χ1) is 8.54. The minimum atomic E-state index is -0.757. The van der Waals surface area contributed by atoms with Gasteiger partial charge in [0.25, 0.3) is 5.69 Å². The van der Waals surface area contributed by atoms with Gasteiger partial charge >= 0.3 is 11.9 Å². The van der Waals surface area contributed by atoms with E-state index >= 15 is 0 Å². The highest BCUT2D eigenvalue weighted by Gasteiger charge is 2.13. The Kier molecular flexibility index (Phi) is 5.12. The van der Waals surface area contributed by atoms with Crippen molar-refractivity contribution in [2.45, 2.75) is 0 Å². The molecule has 18 heavy (non-hydrogen) atoms. The molecule has 0 atom stereocenters. The SMILES string of the molecule is COC(=O)CSOC(=O)c1cccc([N+](=O)[O-])c1. The van der Waals surface area contributed by atoms with Gasteiger partial charge in [0.05, 0.1) is 29.6 Å². The van der Waals surface area contributed by atoms with E-state index in [9.17, 15) is 19.7 Å². The first-order valence-electron chi connectivity index (χ1n) is 4.69. The van der Waals surface area contributed by atoms with Crippen molar-refractivity contribution in [3.05, 3.63) is 39.9 Å². The summed E-state index contributed by atoms with van der Waals surface area (Å²) >= 11 is 0.609. The molecule has 1 rings (SSSR count). The van der Waals surface area contributed by atoms with Crippen molar-refractivity contribution in [2.75, 3.05) is 12.9 Å². The molecule has 96 valence electrons. The van der Waals surface area contributed by atoms with Crippen LogP contribution in [0.25, 0.3) is 0 Å². The Morgan fingerprint density at radius 2 is 2.17 bits per heavy atom. The van der Waals surface area contributed by atoms with E-state index in [1.165, 1.54) is 25.3 Å². The third-order valence-corrected chi connectivity index (χ3v) is 2.45. The van der Waals surface area contributed by atoms with Crippen molar-refractivity contribution in [1.82, 2.24) is 0 Å². The molecule has 0 radical (unpaired) electrons. The molecule has 0 heterocycles. The van der Waals surface area contributed by atoms with Crippen molar-refractivity contribution < 1.29 is 23.4 Å². The second-order valence-corrected chi connectivity index (χ2v) is 3.71. The molecule has 0 saturated heterocycles. The van der Waals surface area contributed by atoms with Gasteiger partial charge in [-0.25, -0.2) is 4.79 Å². The van der Waals surface area contributed by atoms with E-state index in [4.69, 9.17) is 0 Å². The molecule has 0 aliphatic heterocycles. The molecule has 7 nitrogen and oxygen atoms in total. The summed E-state index contributed by atoms with van der Waals surface area (Å²) < 4.78 is 9.04. The highest BCUT2D eigenvalue weighted by atomic mass is 32.2. The van der Waals surface area contributed by atoms with Gasteiger partial charge < -0.3 is 8.92 Å². The lowest BCUT2D eigenvalue weighted by molar-refractivity contribution is -0.384. The molecule has 1 aromatic rings. The van der Waals surface area contributed by atoms with Crippen molar-refractivity contribution in [1.29, 1.82) is 0 Å². The van der Waals surface area contributed by atoms with Crippen LogP contribution >= 0.6 is 12.0 Å². The van der Waals surface area contributed by atoms with Crippen LogP contribution in [-0.2, 0) is 13.7 Å². The number of ether oxygens (including phenoxy) is 1. The number of non-ortho nitro benzene ring substituents is 1. The number of carbonyl (C=O) groups excluding carboxylic acids is 2. The number of rotatable bonds is 5. The molecule has 0 spiro atoms. The van der Waals surface area contributed by atoms with Gasteiger partial charge in [-0.3, -0.25) is 14.9 Å². The summed E-state index contributed by atoms with van der Waals surface area (Å²) in [4.78, 5) is 32.1. The predicted octanol–water partition coefficient (Wildman–Crippen LogP) is 1.57. The van der Waals surface area contributed by atoms with Crippen LogP contribution < -0.4 is 0 Å². The zero-order valence-corrected chi connectivity index (χ0v) is 10.1. The third-order valence-electron chi connectivity index (χ3n) is 1.83. The molecule has 0 unspecified atom stereocenters. The van der Waals surface area contributed by atoms with Crippen LogP contribution in [-0.4, -0.2) is 29.7 Å². The molecule has 0 amide bonds. The zero-order chi connectivity index (χ0) is 13.5. The molecular weight excluding hydrogens is 262 g/mol. The second kappa shape index (κ2) is 6.60. The summed E-state index contributed by atoms with van der Waals surface area (Å²) in [6.07, 6.45) is 0. The largest absolute Gasteiger partial charge is 0.468 e. The molecule has 0 saturated carbocycles. The van der Waals surface area contributed by atoms with Crippen LogP contribution in [0.4, 0.5) is 5.69 Å². The summed E-state index contributed by atoms with van der Waals surface area (Å²) in [7, 11) is 1.21. The number of hydrogen-bond donors (Lipinski definition) is 0. The Morgan fingerprint density at radius 1 is 1.44 bits per heavy atom. The summed E-state index contributed by atoms with van der Waals surface area (Å²) in [5, 5.41) is 10.5. The zero-order valence-electron chi connectivity index (χ0n) is 9.32. The summed E-state index contributed by atoms with van der Waals surface area (Å²) in [5.41, 5.74) is -0.163. The molecule has 1 aromatic carbocycles. The van der Waals surface area contributed by atoms with E-state index in [0.29, 0.717) is 12.0 Å². The van der Waals surface area contributed by atoms with Crippen LogP contribution in [0.2, 0.25) is 0 Å². The number of esters is 1. The van der Waals surface area contributed by atoms with Gasteiger partial charge in [-0.05, 0) is 6.07 Å². The fraction of sp³-hybridized carbons (Fsp3) is 0.200. The molecule has 0 bridgehead atoms. The Balaban J connectivity index is 2.59. The van der Waals surface area contributed by atoms with Gasteiger partial charge in [-0.2, -0.15) is 0 Å². The van der Waals surface area contributed by atoms with Gasteiger partial charge in [-0.1, -0.05) is 6.07 Å². The average Bonchev–Trinajstić information content (AvgIpc) is 2.38. The Bertz CT molecular complexity index is 475. The molecule has 0 N–H and O–H groups in total. The predicted molar refractivity (Wildman–Crippen MR) is 63.0 cm³/mol. The van der Waals surface area contributed by atoms with Gasteiger partial charge in [0.15, 0.2) is 0 Å². The highest BCUT2D eigenvalue weighted by Crippen LogP contribution is 2.16. The quantitative estimate of drug-likeness (QED) is 0.347. The van der Waals surface area contributed by atoms with Crippen LogP contribution in [0.15, 0.2) is 24.3 Å². The second-order valence-electron chi connectivity index (χ2n) is 3.02. The van der Waals surface area contributed by atoms with Gasteiger partial charge in [0.1, 0.15) is 5.75 Å². The molecule has 0 fully saturated rings. The van der Waals surface area contributed by atoms with E-state index in [1.807, 2.05) is 0 Å². The number of methoxy groups -OCH3 is 1. The summed E-state index contributed by atoms with van der Waals surface area (Å²) in [5.74, 6) is -1.43. The van der Waals surface area contributed by atoms with Gasteiger partial charge in [0, 0.05) is 12.1 Å². The topological polar surface area (TPSA) is 95.7 Å². The van der Waals surface area contributed by atoms with Crippen LogP contribution in [0.5, 0.6) is 0 Å². The Labute approximate surface area is 106 Å². The van der Waals surface area contributed by atoms with Crippen LogP contribution in [0, 0.1) is 10.1 Å². The minimum Gasteiger partial charge on any atom is -0.468 e.